The van der Waals surface area contributed by atoms with Crippen molar-refractivity contribution in [2.24, 2.45) is 0 Å². The second-order valence-electron chi connectivity index (χ2n) is 4.31. The van der Waals surface area contributed by atoms with Crippen molar-refractivity contribution in [3.63, 3.8) is 0 Å². The molecular formula is C14H18FN3. The van der Waals surface area contributed by atoms with Crippen LogP contribution in [0.4, 0.5) is 10.3 Å². The minimum absolute atomic E-state index is 0.132. The molecule has 0 fully saturated rings. The van der Waals surface area contributed by atoms with E-state index in [1.807, 2.05) is 18.3 Å². The first-order chi connectivity index (χ1) is 8.72. The van der Waals surface area contributed by atoms with E-state index in [0.29, 0.717) is 0 Å². The molecule has 0 bridgehead atoms. The van der Waals surface area contributed by atoms with Crippen molar-refractivity contribution in [3.05, 3.63) is 48.0 Å². The van der Waals surface area contributed by atoms with Gasteiger partial charge in [0, 0.05) is 18.9 Å². The van der Waals surface area contributed by atoms with Crippen molar-refractivity contribution in [3.8, 4) is 0 Å². The molecule has 1 aromatic heterocycles. The van der Waals surface area contributed by atoms with Crippen LogP contribution in [0.15, 0.2) is 36.7 Å². The smallest absolute Gasteiger partial charge is 0.203 e. The predicted octanol–water partition coefficient (Wildman–Crippen LogP) is 3.45. The second kappa shape index (κ2) is 5.67. The second-order valence-corrected chi connectivity index (χ2v) is 4.31. The fraction of sp³-hybridized carbons (Fsp3) is 0.357. The van der Waals surface area contributed by atoms with E-state index in [9.17, 15) is 4.39 Å². The fourth-order valence-electron chi connectivity index (χ4n) is 1.90. The highest BCUT2D eigenvalue weighted by molar-refractivity contribution is 5.30. The molecule has 3 nitrogen and oxygen atoms in total. The van der Waals surface area contributed by atoms with E-state index in [1.54, 1.807) is 6.20 Å². The minimum Gasteiger partial charge on any atom is -0.356 e. The summed E-state index contributed by atoms with van der Waals surface area (Å²) in [5.41, 5.74) is 1.06. The van der Waals surface area contributed by atoms with Crippen molar-refractivity contribution in [2.75, 3.05) is 11.9 Å². The number of benzene rings is 1. The summed E-state index contributed by atoms with van der Waals surface area (Å²) in [4.78, 5) is 4.30. The van der Waals surface area contributed by atoms with Gasteiger partial charge in [0.15, 0.2) is 0 Å². The zero-order chi connectivity index (χ0) is 13.0. The molecule has 18 heavy (non-hydrogen) atoms. The maximum atomic E-state index is 12.9. The van der Waals surface area contributed by atoms with Gasteiger partial charge in [0.2, 0.25) is 5.95 Å². The van der Waals surface area contributed by atoms with E-state index >= 15 is 0 Å². The van der Waals surface area contributed by atoms with Gasteiger partial charge in [-0.1, -0.05) is 19.1 Å². The normalized spacial score (nSPS) is 12.4. The van der Waals surface area contributed by atoms with Gasteiger partial charge in [-0.15, -0.1) is 0 Å². The molecule has 1 heterocycles. The third-order valence-corrected chi connectivity index (χ3v) is 2.97. The Balaban J connectivity index is 2.20. The number of halogens is 1. The molecule has 0 saturated carbocycles. The highest BCUT2D eigenvalue weighted by Crippen LogP contribution is 2.21. The predicted molar refractivity (Wildman–Crippen MR) is 71.2 cm³/mol. The summed E-state index contributed by atoms with van der Waals surface area (Å²) in [6.07, 6.45) is 4.77. The Labute approximate surface area is 107 Å². The summed E-state index contributed by atoms with van der Waals surface area (Å²) in [6, 6.07) is 6.73. The van der Waals surface area contributed by atoms with Crippen molar-refractivity contribution in [1.82, 2.24) is 9.55 Å². The average Bonchev–Trinajstić information content (AvgIpc) is 2.84. The minimum atomic E-state index is -0.207. The Bertz CT molecular complexity index is 490. The van der Waals surface area contributed by atoms with Crippen LogP contribution in [0.25, 0.3) is 0 Å². The Hall–Kier alpha value is -1.84. The van der Waals surface area contributed by atoms with Gasteiger partial charge < -0.3 is 9.88 Å². The van der Waals surface area contributed by atoms with Gasteiger partial charge in [-0.25, -0.2) is 9.37 Å². The average molecular weight is 247 g/mol. The van der Waals surface area contributed by atoms with Gasteiger partial charge in [-0.05, 0) is 31.0 Å². The molecule has 1 N–H and O–H groups in total. The molecular weight excluding hydrogens is 229 g/mol. The van der Waals surface area contributed by atoms with Crippen LogP contribution in [0.1, 0.15) is 31.9 Å². The van der Waals surface area contributed by atoms with E-state index in [1.165, 1.54) is 12.1 Å². The summed E-state index contributed by atoms with van der Waals surface area (Å²) >= 11 is 0. The summed E-state index contributed by atoms with van der Waals surface area (Å²) < 4.78 is 15.0. The van der Waals surface area contributed by atoms with E-state index in [2.05, 4.69) is 28.7 Å². The number of nitrogens with one attached hydrogen (secondary N) is 1. The zero-order valence-corrected chi connectivity index (χ0v) is 10.7. The van der Waals surface area contributed by atoms with Gasteiger partial charge in [-0.3, -0.25) is 0 Å². The maximum Gasteiger partial charge on any atom is 0.203 e. The molecule has 4 heteroatoms. The Morgan fingerprint density at radius 2 is 2.06 bits per heavy atom. The molecule has 1 atom stereocenters. The van der Waals surface area contributed by atoms with E-state index < -0.39 is 0 Å². The maximum absolute atomic E-state index is 12.9. The van der Waals surface area contributed by atoms with E-state index in [0.717, 1.165) is 24.5 Å². The SMILES string of the molecule is CCCNc1nccn1C(C)c1ccc(F)cc1. The molecule has 0 spiro atoms. The third kappa shape index (κ3) is 2.70. The number of nitrogens with zero attached hydrogens (tertiary/aromatic N) is 2. The number of hydrogen-bond acceptors (Lipinski definition) is 2. The lowest BCUT2D eigenvalue weighted by Crippen LogP contribution is -2.12. The molecule has 1 aromatic carbocycles. The van der Waals surface area contributed by atoms with Crippen LogP contribution >= 0.6 is 0 Å². The highest BCUT2D eigenvalue weighted by Gasteiger charge is 2.11. The summed E-state index contributed by atoms with van der Waals surface area (Å²) in [6.45, 7) is 5.09. The van der Waals surface area contributed by atoms with Crippen molar-refractivity contribution in [1.29, 1.82) is 0 Å². The number of rotatable bonds is 5. The molecule has 0 amide bonds. The number of imidazole rings is 1. The highest BCUT2D eigenvalue weighted by atomic mass is 19.1. The molecule has 2 aromatic rings. The largest absolute Gasteiger partial charge is 0.356 e. The van der Waals surface area contributed by atoms with Crippen molar-refractivity contribution in [2.45, 2.75) is 26.3 Å². The van der Waals surface area contributed by atoms with Crippen molar-refractivity contribution < 1.29 is 4.39 Å². The molecule has 0 aliphatic rings. The van der Waals surface area contributed by atoms with Gasteiger partial charge in [0.05, 0.1) is 6.04 Å². The van der Waals surface area contributed by atoms with Gasteiger partial charge in [0.25, 0.3) is 0 Å². The molecule has 0 radical (unpaired) electrons. The molecule has 0 saturated heterocycles. The van der Waals surface area contributed by atoms with Crippen LogP contribution in [0.2, 0.25) is 0 Å². The van der Waals surface area contributed by atoms with Crippen LogP contribution in [0.3, 0.4) is 0 Å². The quantitative estimate of drug-likeness (QED) is 0.877. The first kappa shape index (κ1) is 12.6. The summed E-state index contributed by atoms with van der Waals surface area (Å²) in [5, 5.41) is 3.28. The first-order valence-corrected chi connectivity index (χ1v) is 6.24. The lowest BCUT2D eigenvalue weighted by molar-refractivity contribution is 0.617. The lowest BCUT2D eigenvalue weighted by Gasteiger charge is -2.17. The van der Waals surface area contributed by atoms with Gasteiger partial charge >= 0.3 is 0 Å². The number of hydrogen-bond donors (Lipinski definition) is 1. The van der Waals surface area contributed by atoms with Crippen LogP contribution in [0.5, 0.6) is 0 Å². The third-order valence-electron chi connectivity index (χ3n) is 2.97. The van der Waals surface area contributed by atoms with E-state index in [4.69, 9.17) is 0 Å². The van der Waals surface area contributed by atoms with Crippen molar-refractivity contribution >= 4 is 5.95 Å². The Morgan fingerprint density at radius 1 is 1.33 bits per heavy atom. The van der Waals surface area contributed by atoms with E-state index in [-0.39, 0.29) is 11.9 Å². The molecule has 0 aliphatic heterocycles. The lowest BCUT2D eigenvalue weighted by atomic mass is 10.1. The monoisotopic (exact) mass is 247 g/mol. The van der Waals surface area contributed by atoms with Gasteiger partial charge in [-0.2, -0.15) is 0 Å². The fourth-order valence-corrected chi connectivity index (χ4v) is 1.90. The molecule has 96 valence electrons. The van der Waals surface area contributed by atoms with Crippen LogP contribution in [-0.2, 0) is 0 Å². The Kier molecular flexibility index (Phi) is 3.97. The zero-order valence-electron chi connectivity index (χ0n) is 10.7. The number of anilines is 1. The Morgan fingerprint density at radius 3 is 2.72 bits per heavy atom. The van der Waals surface area contributed by atoms with Crippen LogP contribution in [0, 0.1) is 5.82 Å². The summed E-state index contributed by atoms with van der Waals surface area (Å²) in [5.74, 6) is 0.648. The van der Waals surface area contributed by atoms with Gasteiger partial charge in [0.1, 0.15) is 5.82 Å². The molecule has 0 aliphatic carbocycles. The molecule has 1 unspecified atom stereocenters. The van der Waals surface area contributed by atoms with Crippen LogP contribution in [-0.4, -0.2) is 16.1 Å². The van der Waals surface area contributed by atoms with Crippen LogP contribution < -0.4 is 5.32 Å². The standard InChI is InChI=1S/C14H18FN3/c1-3-8-16-14-17-9-10-18(14)11(2)12-4-6-13(15)7-5-12/h4-7,9-11H,3,8H2,1-2H3,(H,16,17). The number of aromatic nitrogens is 2. The topological polar surface area (TPSA) is 29.9 Å². The first-order valence-electron chi connectivity index (χ1n) is 6.24. The summed E-state index contributed by atoms with van der Waals surface area (Å²) in [7, 11) is 0. The molecule has 2 rings (SSSR count).